The van der Waals surface area contributed by atoms with E-state index in [0.29, 0.717) is 49.1 Å². The molecule has 9 heteroatoms. The largest absolute Gasteiger partial charge is 0.444 e. The van der Waals surface area contributed by atoms with E-state index in [1.54, 1.807) is 11.1 Å². The summed E-state index contributed by atoms with van der Waals surface area (Å²) in [5.74, 6) is 1.53. The van der Waals surface area contributed by atoms with E-state index in [9.17, 15) is 9.59 Å². The number of ether oxygens (including phenoxy) is 1. The molecule has 0 atom stereocenters. The predicted octanol–water partition coefficient (Wildman–Crippen LogP) is 4.15. The average Bonchev–Trinajstić information content (AvgIpc) is 2.82. The van der Waals surface area contributed by atoms with Gasteiger partial charge >= 0.3 is 6.09 Å². The Morgan fingerprint density at radius 3 is 2.57 bits per heavy atom. The van der Waals surface area contributed by atoms with Gasteiger partial charge in [0.25, 0.3) is 5.56 Å². The summed E-state index contributed by atoms with van der Waals surface area (Å²) in [5, 5.41) is 7.78. The fraction of sp³-hybridized carbons (Fsp3) is 0.423. The second-order valence-corrected chi connectivity index (χ2v) is 9.83. The number of fused-ring (bicyclic) bond motifs is 1. The summed E-state index contributed by atoms with van der Waals surface area (Å²) in [4.78, 5) is 34.0. The third kappa shape index (κ3) is 6.10. The second kappa shape index (κ2) is 10.4. The molecule has 1 aliphatic rings. The number of H-pyrrole nitrogens is 1. The maximum absolute atomic E-state index is 12.5. The van der Waals surface area contributed by atoms with Crippen molar-refractivity contribution in [3.63, 3.8) is 0 Å². The molecule has 0 bridgehead atoms. The van der Waals surface area contributed by atoms with E-state index in [4.69, 9.17) is 10.5 Å². The van der Waals surface area contributed by atoms with Crippen LogP contribution in [0.1, 0.15) is 45.1 Å². The van der Waals surface area contributed by atoms with Crippen LogP contribution in [0, 0.1) is 0 Å². The van der Waals surface area contributed by atoms with Crippen LogP contribution >= 0.6 is 0 Å². The number of nitrogens with one attached hydrogen (secondary N) is 3. The van der Waals surface area contributed by atoms with Gasteiger partial charge in [-0.2, -0.15) is 0 Å². The highest BCUT2D eigenvalue weighted by Crippen LogP contribution is 2.31. The van der Waals surface area contributed by atoms with Gasteiger partial charge in [-0.25, -0.2) is 9.78 Å². The first-order valence-corrected chi connectivity index (χ1v) is 12.0. The fourth-order valence-electron chi connectivity index (χ4n) is 4.29. The van der Waals surface area contributed by atoms with Crippen molar-refractivity contribution in [2.24, 2.45) is 5.73 Å². The Morgan fingerprint density at radius 2 is 1.91 bits per heavy atom. The molecule has 0 aliphatic carbocycles. The lowest BCUT2D eigenvalue weighted by atomic mass is 9.89. The Balaban J connectivity index is 1.46. The lowest BCUT2D eigenvalue weighted by Gasteiger charge is -2.33. The van der Waals surface area contributed by atoms with E-state index >= 15 is 0 Å². The fourth-order valence-corrected chi connectivity index (χ4v) is 4.29. The highest BCUT2D eigenvalue weighted by molar-refractivity contribution is 5.94. The molecular weight excluding hydrogens is 444 g/mol. The standard InChI is InChI=1S/C26H34N6O3/c1-26(2,3)35-25(34)32-14-9-18(10-15-32)17-4-6-20(7-5-17)30-23-22-19(8-12-29-24(22)33)16-21(31-23)28-13-11-27/h4-8,12,16,18H,9-11,13-15,27H2,1-3H3,(H,29,33)(H2,28,30,31). The molecule has 0 radical (unpaired) electrons. The lowest BCUT2D eigenvalue weighted by Crippen LogP contribution is -2.41. The summed E-state index contributed by atoms with van der Waals surface area (Å²) in [5.41, 5.74) is 7.00. The van der Waals surface area contributed by atoms with Crippen LogP contribution < -0.4 is 21.9 Å². The minimum atomic E-state index is -0.484. The van der Waals surface area contributed by atoms with Gasteiger partial charge < -0.3 is 31.0 Å². The highest BCUT2D eigenvalue weighted by atomic mass is 16.6. The highest BCUT2D eigenvalue weighted by Gasteiger charge is 2.27. The number of nitrogens with zero attached hydrogens (tertiary/aromatic N) is 2. The summed E-state index contributed by atoms with van der Waals surface area (Å²) in [6.07, 6.45) is 3.17. The minimum Gasteiger partial charge on any atom is -0.444 e. The van der Waals surface area contributed by atoms with Crippen LogP contribution in [0.2, 0.25) is 0 Å². The molecule has 1 aromatic carbocycles. The number of pyridine rings is 2. The monoisotopic (exact) mass is 478 g/mol. The van der Waals surface area contributed by atoms with Crippen molar-refractivity contribution in [2.45, 2.75) is 45.1 Å². The van der Waals surface area contributed by atoms with E-state index in [-0.39, 0.29) is 11.7 Å². The Bertz CT molecular complexity index is 1220. The first-order valence-electron chi connectivity index (χ1n) is 12.0. The molecule has 186 valence electrons. The quantitative estimate of drug-likeness (QED) is 0.419. The normalized spacial score (nSPS) is 14.7. The maximum atomic E-state index is 12.5. The summed E-state index contributed by atoms with van der Waals surface area (Å²) in [7, 11) is 0. The van der Waals surface area contributed by atoms with E-state index in [1.807, 2.05) is 45.0 Å². The van der Waals surface area contributed by atoms with Gasteiger partial charge in [0.15, 0.2) is 0 Å². The van der Waals surface area contributed by atoms with Crippen molar-refractivity contribution in [1.82, 2.24) is 14.9 Å². The number of piperidine rings is 1. The molecule has 2 aromatic heterocycles. The van der Waals surface area contributed by atoms with Crippen molar-refractivity contribution >= 4 is 34.2 Å². The Kier molecular flexibility index (Phi) is 7.25. The van der Waals surface area contributed by atoms with E-state index in [0.717, 1.165) is 23.9 Å². The topological polar surface area (TPSA) is 125 Å². The molecular formula is C26H34N6O3. The lowest BCUT2D eigenvalue weighted by molar-refractivity contribution is 0.0205. The van der Waals surface area contributed by atoms with Crippen molar-refractivity contribution in [1.29, 1.82) is 0 Å². The number of aromatic amines is 1. The number of likely N-dealkylation sites (tertiary alicyclic amines) is 1. The van der Waals surface area contributed by atoms with Gasteiger partial charge in [-0.15, -0.1) is 0 Å². The molecule has 3 heterocycles. The van der Waals surface area contributed by atoms with Gasteiger partial charge in [0, 0.05) is 38.1 Å². The third-order valence-corrected chi connectivity index (χ3v) is 6.00. The second-order valence-electron chi connectivity index (χ2n) is 9.83. The summed E-state index contributed by atoms with van der Waals surface area (Å²) >= 11 is 0. The number of hydrogen-bond acceptors (Lipinski definition) is 7. The van der Waals surface area contributed by atoms with E-state index in [1.165, 1.54) is 5.56 Å². The molecule has 1 aliphatic heterocycles. The summed E-state index contributed by atoms with van der Waals surface area (Å²) in [6, 6.07) is 11.9. The van der Waals surface area contributed by atoms with Crippen LogP contribution in [0.15, 0.2) is 47.4 Å². The zero-order valence-electron chi connectivity index (χ0n) is 20.6. The third-order valence-electron chi connectivity index (χ3n) is 6.00. The van der Waals surface area contributed by atoms with Crippen LogP contribution in [0.5, 0.6) is 0 Å². The van der Waals surface area contributed by atoms with E-state index in [2.05, 4.69) is 32.7 Å². The Hall–Kier alpha value is -3.59. The number of rotatable bonds is 6. The molecule has 3 aromatic rings. The first-order chi connectivity index (χ1) is 16.7. The Morgan fingerprint density at radius 1 is 1.20 bits per heavy atom. The van der Waals surface area contributed by atoms with Crippen LogP contribution in [0.4, 0.5) is 22.1 Å². The zero-order chi connectivity index (χ0) is 25.0. The van der Waals surface area contributed by atoms with Crippen molar-refractivity contribution in [3.05, 3.63) is 58.5 Å². The van der Waals surface area contributed by atoms with Crippen LogP contribution in [0.3, 0.4) is 0 Å². The molecule has 0 spiro atoms. The average molecular weight is 479 g/mol. The van der Waals surface area contributed by atoms with Gasteiger partial charge in [-0.1, -0.05) is 12.1 Å². The predicted molar refractivity (Wildman–Crippen MR) is 139 cm³/mol. The molecule has 5 N–H and O–H groups in total. The van der Waals surface area contributed by atoms with Crippen molar-refractivity contribution in [3.8, 4) is 0 Å². The number of hydrogen-bond donors (Lipinski definition) is 4. The SMILES string of the molecule is CC(C)(C)OC(=O)N1CCC(c2ccc(Nc3nc(NCCN)cc4cc[nH]c(=O)c34)cc2)CC1. The van der Waals surface area contributed by atoms with Crippen molar-refractivity contribution in [2.75, 3.05) is 36.8 Å². The Labute approximate surface area is 205 Å². The molecule has 0 unspecified atom stereocenters. The molecule has 0 saturated carbocycles. The number of anilines is 3. The number of carbonyl (C=O) groups excluding carboxylic acids is 1. The number of amides is 1. The number of nitrogens with two attached hydrogens (primary N) is 1. The van der Waals surface area contributed by atoms with Gasteiger partial charge in [0.1, 0.15) is 17.2 Å². The summed E-state index contributed by atoms with van der Waals surface area (Å²) in [6.45, 7) is 8.08. The molecule has 1 saturated heterocycles. The van der Waals surface area contributed by atoms with Gasteiger partial charge in [0.05, 0.1) is 5.39 Å². The first kappa shape index (κ1) is 24.5. The molecule has 4 rings (SSSR count). The smallest absolute Gasteiger partial charge is 0.410 e. The zero-order valence-corrected chi connectivity index (χ0v) is 20.6. The van der Waals surface area contributed by atoms with Crippen LogP contribution in [-0.2, 0) is 4.74 Å². The van der Waals surface area contributed by atoms with Gasteiger partial charge in [-0.05, 0) is 74.7 Å². The molecule has 9 nitrogen and oxygen atoms in total. The van der Waals surface area contributed by atoms with Gasteiger partial charge in [0.2, 0.25) is 0 Å². The van der Waals surface area contributed by atoms with Gasteiger partial charge in [-0.3, -0.25) is 4.79 Å². The minimum absolute atomic E-state index is 0.198. The molecule has 35 heavy (non-hydrogen) atoms. The molecule has 1 amide bonds. The van der Waals surface area contributed by atoms with Crippen molar-refractivity contribution < 1.29 is 9.53 Å². The van der Waals surface area contributed by atoms with Crippen LogP contribution in [0.25, 0.3) is 10.8 Å². The maximum Gasteiger partial charge on any atom is 0.410 e. The molecule has 1 fully saturated rings. The van der Waals surface area contributed by atoms with Crippen LogP contribution in [-0.4, -0.2) is 52.7 Å². The number of benzene rings is 1. The number of aromatic nitrogens is 2. The number of carbonyl (C=O) groups is 1. The van der Waals surface area contributed by atoms with E-state index < -0.39 is 5.60 Å². The summed E-state index contributed by atoms with van der Waals surface area (Å²) < 4.78 is 5.50.